The molecule has 16 heavy (non-hydrogen) atoms. The molecule has 6 heteroatoms. The molecule has 2 N–H and O–H groups in total. The summed E-state index contributed by atoms with van der Waals surface area (Å²) in [7, 11) is 0. The number of carbonyl (C=O) groups is 1. The van der Waals surface area contributed by atoms with Crippen molar-refractivity contribution in [2.24, 2.45) is 0 Å². The summed E-state index contributed by atoms with van der Waals surface area (Å²) in [4.78, 5) is 20.3. The molecule has 1 rings (SSSR count). The number of carboxylic acids is 1. The largest absolute Gasteiger partial charge is 0.502 e. The molecule has 0 saturated heterocycles. The first-order chi connectivity index (χ1) is 7.43. The molecule has 6 nitrogen and oxygen atoms in total. The number of nitrogens with zero attached hydrogens (tertiary/aromatic N) is 1. The minimum atomic E-state index is -1.15. The van der Waals surface area contributed by atoms with E-state index < -0.39 is 22.3 Å². The normalized spacial score (nSPS) is 11.2. The maximum absolute atomic E-state index is 10.5. The molecule has 0 aliphatic carbocycles. The summed E-state index contributed by atoms with van der Waals surface area (Å²) in [6.07, 6.45) is 1.17. The molecule has 0 amide bonds. The van der Waals surface area contributed by atoms with E-state index in [0.717, 1.165) is 6.07 Å². The third kappa shape index (κ3) is 2.35. The molecule has 0 fully saturated rings. The Morgan fingerprint density at radius 3 is 2.62 bits per heavy atom. The number of aromatic hydroxyl groups is 1. The average Bonchev–Trinajstić information content (AvgIpc) is 2.20. The number of benzene rings is 1. The van der Waals surface area contributed by atoms with Gasteiger partial charge in [0.25, 0.3) is 0 Å². The van der Waals surface area contributed by atoms with E-state index in [9.17, 15) is 20.0 Å². The highest BCUT2D eigenvalue weighted by molar-refractivity contribution is 5.92. The molecule has 1 aromatic rings. The number of aliphatic carboxylic acids is 1. The van der Waals surface area contributed by atoms with Gasteiger partial charge in [-0.05, 0) is 13.0 Å². The Hall–Kier alpha value is -2.37. The van der Waals surface area contributed by atoms with Crippen LogP contribution in [0.25, 0.3) is 6.08 Å². The molecule has 0 heterocycles. The van der Waals surface area contributed by atoms with Crippen molar-refractivity contribution in [3.63, 3.8) is 0 Å². The third-order valence-electron chi connectivity index (χ3n) is 1.95. The molecule has 0 unspecified atom stereocenters. The van der Waals surface area contributed by atoms with E-state index in [1.807, 2.05) is 0 Å². The molecule has 0 saturated carbocycles. The Labute approximate surface area is 90.6 Å². The maximum atomic E-state index is 10.5. The monoisotopic (exact) mass is 223 g/mol. The summed E-state index contributed by atoms with van der Waals surface area (Å²) >= 11 is 0. The zero-order valence-corrected chi connectivity index (χ0v) is 8.38. The SMILES string of the molecule is C/C(=C\c1cccc([N+](=O)[O-])c1O)C(=O)O. The van der Waals surface area contributed by atoms with Crippen LogP contribution in [0, 0.1) is 10.1 Å². The summed E-state index contributed by atoms with van der Waals surface area (Å²) < 4.78 is 0. The van der Waals surface area contributed by atoms with Crippen molar-refractivity contribution in [2.45, 2.75) is 6.92 Å². The van der Waals surface area contributed by atoms with Crippen LogP contribution in [0.15, 0.2) is 23.8 Å². The summed E-state index contributed by atoms with van der Waals surface area (Å²) in [6, 6.07) is 3.91. The molecule has 0 atom stereocenters. The van der Waals surface area contributed by atoms with Gasteiger partial charge in [0.15, 0.2) is 0 Å². The lowest BCUT2D eigenvalue weighted by Gasteiger charge is -2.00. The summed E-state index contributed by atoms with van der Waals surface area (Å²) in [6.45, 7) is 1.33. The van der Waals surface area contributed by atoms with Crippen molar-refractivity contribution < 1.29 is 19.9 Å². The molecule has 1 aromatic carbocycles. The molecule has 0 spiro atoms. The van der Waals surface area contributed by atoms with Crippen molar-refractivity contribution >= 4 is 17.7 Å². The van der Waals surface area contributed by atoms with Crippen LogP contribution in [0.2, 0.25) is 0 Å². The van der Waals surface area contributed by atoms with Gasteiger partial charge in [-0.15, -0.1) is 0 Å². The standard InChI is InChI=1S/C10H9NO5/c1-6(10(13)14)5-7-3-2-4-8(9(7)12)11(15)16/h2-5,12H,1H3,(H,13,14)/b6-5+. The highest BCUT2D eigenvalue weighted by Gasteiger charge is 2.15. The average molecular weight is 223 g/mol. The van der Waals surface area contributed by atoms with Gasteiger partial charge in [0, 0.05) is 17.2 Å². The molecule has 0 aliphatic heterocycles. The third-order valence-corrected chi connectivity index (χ3v) is 1.95. The number of rotatable bonds is 3. The molecule has 0 radical (unpaired) electrons. The number of phenols is 1. The van der Waals surface area contributed by atoms with Crippen molar-refractivity contribution in [3.05, 3.63) is 39.4 Å². The second-order valence-electron chi connectivity index (χ2n) is 3.10. The number of hydrogen-bond donors (Lipinski definition) is 2. The number of nitro benzene ring substituents is 1. The fraction of sp³-hybridized carbons (Fsp3) is 0.100. The lowest BCUT2D eigenvalue weighted by molar-refractivity contribution is -0.385. The lowest BCUT2D eigenvalue weighted by Crippen LogP contribution is -1.96. The minimum Gasteiger partial charge on any atom is -0.502 e. The summed E-state index contributed by atoms with van der Waals surface area (Å²) in [5.41, 5.74) is -0.364. The minimum absolute atomic E-state index is 0.0178. The van der Waals surface area contributed by atoms with Crippen molar-refractivity contribution in [3.8, 4) is 5.75 Å². The van der Waals surface area contributed by atoms with E-state index in [2.05, 4.69) is 0 Å². The first-order valence-corrected chi connectivity index (χ1v) is 4.31. The molecule has 0 aliphatic rings. The number of para-hydroxylation sites is 1. The number of hydrogen-bond acceptors (Lipinski definition) is 4. The highest BCUT2D eigenvalue weighted by atomic mass is 16.6. The molecule has 0 bridgehead atoms. The Balaban J connectivity index is 3.27. The van der Waals surface area contributed by atoms with Gasteiger partial charge in [0.1, 0.15) is 0 Å². The highest BCUT2D eigenvalue weighted by Crippen LogP contribution is 2.30. The van der Waals surface area contributed by atoms with Crippen LogP contribution in [0.4, 0.5) is 5.69 Å². The van der Waals surface area contributed by atoms with E-state index in [-0.39, 0.29) is 11.1 Å². The van der Waals surface area contributed by atoms with Crippen LogP contribution in [-0.4, -0.2) is 21.1 Å². The van der Waals surface area contributed by atoms with Gasteiger partial charge < -0.3 is 10.2 Å². The van der Waals surface area contributed by atoms with Crippen molar-refractivity contribution in [2.75, 3.05) is 0 Å². The van der Waals surface area contributed by atoms with Gasteiger partial charge >= 0.3 is 11.7 Å². The predicted octanol–water partition coefficient (Wildman–Crippen LogP) is 1.79. The summed E-state index contributed by atoms with van der Waals surface area (Å²) in [5.74, 6) is -1.68. The quantitative estimate of drug-likeness (QED) is 0.462. The van der Waals surface area contributed by atoms with Crippen LogP contribution in [-0.2, 0) is 4.79 Å². The van der Waals surface area contributed by atoms with Crippen LogP contribution in [0.3, 0.4) is 0 Å². The first kappa shape index (κ1) is 11.7. The smallest absolute Gasteiger partial charge is 0.331 e. The van der Waals surface area contributed by atoms with Crippen molar-refractivity contribution in [1.29, 1.82) is 0 Å². The number of nitro groups is 1. The second-order valence-corrected chi connectivity index (χ2v) is 3.10. The Kier molecular flexibility index (Phi) is 3.24. The predicted molar refractivity (Wildman–Crippen MR) is 56.0 cm³/mol. The molecular formula is C10H9NO5. The van der Waals surface area contributed by atoms with Gasteiger partial charge in [0.05, 0.1) is 4.92 Å². The van der Waals surface area contributed by atoms with Crippen LogP contribution < -0.4 is 0 Å². The van der Waals surface area contributed by atoms with E-state index in [1.54, 1.807) is 0 Å². The van der Waals surface area contributed by atoms with E-state index in [4.69, 9.17) is 5.11 Å². The Morgan fingerprint density at radius 2 is 2.12 bits per heavy atom. The first-order valence-electron chi connectivity index (χ1n) is 4.31. The molecule has 0 aromatic heterocycles. The second kappa shape index (κ2) is 4.43. The topological polar surface area (TPSA) is 101 Å². The van der Waals surface area contributed by atoms with Crippen molar-refractivity contribution in [1.82, 2.24) is 0 Å². The molecule has 84 valence electrons. The lowest BCUT2D eigenvalue weighted by atomic mass is 10.1. The van der Waals surface area contributed by atoms with E-state index >= 15 is 0 Å². The fourth-order valence-electron chi connectivity index (χ4n) is 1.11. The van der Waals surface area contributed by atoms with Gasteiger partial charge in [-0.1, -0.05) is 12.1 Å². The Bertz CT molecular complexity index is 478. The van der Waals surface area contributed by atoms with Gasteiger partial charge in [-0.3, -0.25) is 10.1 Å². The zero-order valence-electron chi connectivity index (χ0n) is 8.38. The van der Waals surface area contributed by atoms with Gasteiger partial charge in [0.2, 0.25) is 5.75 Å². The number of carboxylic acid groups (broad SMARTS) is 1. The number of phenolic OH excluding ortho intramolecular Hbond substituents is 1. The molecular weight excluding hydrogens is 214 g/mol. The van der Waals surface area contributed by atoms with Crippen LogP contribution in [0.5, 0.6) is 5.75 Å². The Morgan fingerprint density at radius 1 is 1.50 bits per heavy atom. The van der Waals surface area contributed by atoms with Crippen LogP contribution >= 0.6 is 0 Å². The van der Waals surface area contributed by atoms with Gasteiger partial charge in [-0.2, -0.15) is 0 Å². The fourth-order valence-corrected chi connectivity index (χ4v) is 1.11. The van der Waals surface area contributed by atoms with Gasteiger partial charge in [-0.25, -0.2) is 4.79 Å². The van der Waals surface area contributed by atoms with Crippen LogP contribution in [0.1, 0.15) is 12.5 Å². The van der Waals surface area contributed by atoms with E-state index in [0.29, 0.717) is 0 Å². The van der Waals surface area contributed by atoms with E-state index in [1.165, 1.54) is 25.1 Å². The maximum Gasteiger partial charge on any atom is 0.331 e. The zero-order chi connectivity index (χ0) is 12.3. The summed E-state index contributed by atoms with van der Waals surface area (Å²) in [5, 5.41) is 28.6.